The van der Waals surface area contributed by atoms with Crippen LogP contribution < -0.4 is 5.56 Å². The van der Waals surface area contributed by atoms with Crippen LogP contribution in [0.15, 0.2) is 83.8 Å². The Bertz CT molecular complexity index is 799. The first-order chi connectivity index (χ1) is 11.3. The second-order valence-corrected chi connectivity index (χ2v) is 5.37. The van der Waals surface area contributed by atoms with E-state index in [1.165, 1.54) is 10.6 Å². The minimum Gasteiger partial charge on any atom is -0.308 e. The van der Waals surface area contributed by atoms with Gasteiger partial charge in [-0.3, -0.25) is 4.79 Å². The lowest BCUT2D eigenvalue weighted by atomic mass is 9.86. The molecule has 114 valence electrons. The Balaban J connectivity index is 2.15. The summed E-state index contributed by atoms with van der Waals surface area (Å²) in [4.78, 5) is 22.6. The molecule has 0 radical (unpaired) electrons. The third kappa shape index (κ3) is 3.29. The van der Waals surface area contributed by atoms with Crippen LogP contribution in [0.5, 0.6) is 0 Å². The first kappa shape index (κ1) is 15.0. The summed E-state index contributed by atoms with van der Waals surface area (Å²) in [7, 11) is 0. The molecule has 0 spiro atoms. The fourth-order valence-electron chi connectivity index (χ4n) is 2.81. The van der Waals surface area contributed by atoms with Gasteiger partial charge in [0.1, 0.15) is 6.29 Å². The average Bonchev–Trinajstić information content (AvgIpc) is 2.60. The van der Waals surface area contributed by atoms with Gasteiger partial charge in [-0.05, 0) is 16.7 Å². The molecule has 3 heteroatoms. The fraction of sp³-hybridized carbons (Fsp3) is 0.100. The smallest absolute Gasteiger partial charge is 0.250 e. The van der Waals surface area contributed by atoms with Crippen molar-refractivity contribution < 1.29 is 4.79 Å². The Kier molecular flexibility index (Phi) is 4.48. The molecule has 0 aliphatic carbocycles. The first-order valence-corrected chi connectivity index (χ1v) is 7.53. The van der Waals surface area contributed by atoms with E-state index in [9.17, 15) is 9.59 Å². The van der Waals surface area contributed by atoms with E-state index in [2.05, 4.69) is 24.3 Å². The van der Waals surface area contributed by atoms with E-state index >= 15 is 0 Å². The predicted molar refractivity (Wildman–Crippen MR) is 90.6 cm³/mol. The number of pyridine rings is 1. The summed E-state index contributed by atoms with van der Waals surface area (Å²) in [5.74, 6) is 0.0240. The van der Waals surface area contributed by atoms with Gasteiger partial charge in [-0.25, -0.2) is 0 Å². The SMILES string of the molecule is O=CCn1cc(C(c2ccccc2)c2ccccc2)ccc1=O. The number of benzene rings is 2. The molecule has 0 saturated carbocycles. The van der Waals surface area contributed by atoms with E-state index in [-0.39, 0.29) is 18.0 Å². The van der Waals surface area contributed by atoms with Gasteiger partial charge in [-0.1, -0.05) is 66.7 Å². The Hall–Kier alpha value is -2.94. The first-order valence-electron chi connectivity index (χ1n) is 7.53. The van der Waals surface area contributed by atoms with Gasteiger partial charge in [0.15, 0.2) is 0 Å². The zero-order chi connectivity index (χ0) is 16.1. The predicted octanol–water partition coefficient (Wildman–Crippen LogP) is 3.23. The summed E-state index contributed by atoms with van der Waals surface area (Å²) in [5, 5.41) is 0. The molecule has 0 amide bonds. The maximum Gasteiger partial charge on any atom is 0.250 e. The molecule has 0 aliphatic rings. The molecule has 0 bridgehead atoms. The standard InChI is InChI=1S/C20H17NO2/c22-14-13-21-15-18(11-12-19(21)23)20(16-7-3-1-4-8-16)17-9-5-2-6-10-17/h1-12,14-15,20H,13H2. The number of aldehydes is 1. The molecule has 3 rings (SSSR count). The highest BCUT2D eigenvalue weighted by Gasteiger charge is 2.17. The van der Waals surface area contributed by atoms with E-state index in [4.69, 9.17) is 0 Å². The molecule has 23 heavy (non-hydrogen) atoms. The van der Waals surface area contributed by atoms with Crippen LogP contribution >= 0.6 is 0 Å². The highest BCUT2D eigenvalue weighted by Crippen LogP contribution is 2.31. The molecule has 1 aromatic heterocycles. The maximum atomic E-state index is 11.9. The minimum atomic E-state index is -0.166. The Labute approximate surface area is 134 Å². The number of nitrogens with zero attached hydrogens (tertiary/aromatic N) is 1. The Morgan fingerprint density at radius 2 is 1.35 bits per heavy atom. The highest BCUT2D eigenvalue weighted by atomic mass is 16.1. The third-order valence-electron chi connectivity index (χ3n) is 3.88. The van der Waals surface area contributed by atoms with Crippen molar-refractivity contribution in [2.24, 2.45) is 0 Å². The topological polar surface area (TPSA) is 39.1 Å². The van der Waals surface area contributed by atoms with Crippen LogP contribution in [0.4, 0.5) is 0 Å². The monoisotopic (exact) mass is 303 g/mol. The molecule has 0 fully saturated rings. The molecular formula is C20H17NO2. The molecular weight excluding hydrogens is 286 g/mol. The van der Waals surface area contributed by atoms with Crippen molar-refractivity contribution in [2.75, 3.05) is 0 Å². The average molecular weight is 303 g/mol. The second-order valence-electron chi connectivity index (χ2n) is 5.37. The molecule has 3 nitrogen and oxygen atoms in total. The van der Waals surface area contributed by atoms with Crippen molar-refractivity contribution >= 4 is 6.29 Å². The van der Waals surface area contributed by atoms with Crippen LogP contribution in [-0.2, 0) is 11.3 Å². The molecule has 1 heterocycles. The molecule has 0 saturated heterocycles. The Morgan fingerprint density at radius 1 is 0.783 bits per heavy atom. The number of rotatable bonds is 5. The third-order valence-corrected chi connectivity index (χ3v) is 3.88. The lowest BCUT2D eigenvalue weighted by Gasteiger charge is -2.19. The van der Waals surface area contributed by atoms with Crippen molar-refractivity contribution in [2.45, 2.75) is 12.5 Å². The number of carbonyl (C=O) groups is 1. The number of carbonyl (C=O) groups excluding carboxylic acids is 1. The van der Waals surface area contributed by atoms with Crippen LogP contribution in [0, 0.1) is 0 Å². The van der Waals surface area contributed by atoms with Crippen LogP contribution in [0.2, 0.25) is 0 Å². The van der Waals surface area contributed by atoms with Gasteiger partial charge < -0.3 is 9.36 Å². The minimum absolute atomic E-state index is 0.0240. The van der Waals surface area contributed by atoms with Gasteiger partial charge in [0.2, 0.25) is 0 Å². The van der Waals surface area contributed by atoms with Crippen molar-refractivity contribution in [3.63, 3.8) is 0 Å². The van der Waals surface area contributed by atoms with Gasteiger partial charge in [-0.2, -0.15) is 0 Å². The summed E-state index contributed by atoms with van der Waals surface area (Å²) < 4.78 is 1.45. The van der Waals surface area contributed by atoms with E-state index in [1.807, 2.05) is 42.5 Å². The van der Waals surface area contributed by atoms with Gasteiger partial charge in [0.25, 0.3) is 5.56 Å². The van der Waals surface area contributed by atoms with Crippen molar-refractivity contribution in [1.29, 1.82) is 0 Å². The zero-order valence-electron chi connectivity index (χ0n) is 12.6. The maximum absolute atomic E-state index is 11.9. The van der Waals surface area contributed by atoms with Crippen LogP contribution in [0.3, 0.4) is 0 Å². The van der Waals surface area contributed by atoms with Crippen LogP contribution in [-0.4, -0.2) is 10.9 Å². The lowest BCUT2D eigenvalue weighted by molar-refractivity contribution is -0.108. The van der Waals surface area contributed by atoms with Crippen molar-refractivity contribution in [1.82, 2.24) is 4.57 Å². The molecule has 3 aromatic rings. The quantitative estimate of drug-likeness (QED) is 0.679. The molecule has 0 unspecified atom stereocenters. The van der Waals surface area contributed by atoms with Crippen LogP contribution in [0.1, 0.15) is 22.6 Å². The summed E-state index contributed by atoms with van der Waals surface area (Å²) in [6, 6.07) is 23.7. The summed E-state index contributed by atoms with van der Waals surface area (Å²) >= 11 is 0. The molecule has 0 N–H and O–H groups in total. The highest BCUT2D eigenvalue weighted by molar-refractivity contribution is 5.49. The van der Waals surface area contributed by atoms with Crippen molar-refractivity contribution in [3.8, 4) is 0 Å². The van der Waals surface area contributed by atoms with E-state index in [0.717, 1.165) is 23.0 Å². The van der Waals surface area contributed by atoms with Gasteiger partial charge in [-0.15, -0.1) is 0 Å². The number of aromatic nitrogens is 1. The molecule has 0 aliphatic heterocycles. The van der Waals surface area contributed by atoms with Gasteiger partial charge in [0.05, 0.1) is 6.54 Å². The summed E-state index contributed by atoms with van der Waals surface area (Å²) in [5.41, 5.74) is 3.12. The van der Waals surface area contributed by atoms with Gasteiger partial charge in [0, 0.05) is 18.2 Å². The number of hydrogen-bond donors (Lipinski definition) is 0. The van der Waals surface area contributed by atoms with E-state index in [1.54, 1.807) is 6.20 Å². The summed E-state index contributed by atoms with van der Waals surface area (Å²) in [6.45, 7) is 0.0724. The normalized spacial score (nSPS) is 10.7. The molecule has 2 aromatic carbocycles. The van der Waals surface area contributed by atoms with E-state index in [0.29, 0.717) is 0 Å². The Morgan fingerprint density at radius 3 is 1.87 bits per heavy atom. The summed E-state index contributed by atoms with van der Waals surface area (Å²) in [6.07, 6.45) is 2.52. The fourth-order valence-corrected chi connectivity index (χ4v) is 2.81. The van der Waals surface area contributed by atoms with E-state index < -0.39 is 0 Å². The zero-order valence-corrected chi connectivity index (χ0v) is 12.6. The molecule has 0 atom stereocenters. The lowest BCUT2D eigenvalue weighted by Crippen LogP contribution is -2.20. The van der Waals surface area contributed by atoms with Crippen molar-refractivity contribution in [3.05, 3.63) is 106 Å². The van der Waals surface area contributed by atoms with Gasteiger partial charge >= 0.3 is 0 Å². The second kappa shape index (κ2) is 6.88. The van der Waals surface area contributed by atoms with Crippen LogP contribution in [0.25, 0.3) is 0 Å². The largest absolute Gasteiger partial charge is 0.308 e. The number of hydrogen-bond acceptors (Lipinski definition) is 2.